The van der Waals surface area contributed by atoms with Crippen LogP contribution in [0.3, 0.4) is 0 Å². The second-order valence-corrected chi connectivity index (χ2v) is 6.36. The molecule has 25 heavy (non-hydrogen) atoms. The zero-order valence-corrected chi connectivity index (χ0v) is 13.7. The summed E-state index contributed by atoms with van der Waals surface area (Å²) in [5.41, 5.74) is 2.20. The number of likely N-dealkylation sites (tertiary alicyclic amines) is 1. The Balaban J connectivity index is 1.49. The Bertz CT molecular complexity index is 890. The third-order valence-electron chi connectivity index (χ3n) is 4.60. The van der Waals surface area contributed by atoms with E-state index in [2.05, 4.69) is 15.5 Å². The van der Waals surface area contributed by atoms with Crippen molar-refractivity contribution in [3.05, 3.63) is 60.0 Å². The van der Waals surface area contributed by atoms with E-state index in [9.17, 15) is 9.18 Å². The van der Waals surface area contributed by atoms with Crippen molar-refractivity contribution in [2.75, 3.05) is 18.4 Å². The number of carbonyl (C=O) groups is 1. The SMILES string of the molecule is O=C(c1n[nH]c2ccccc12)N1CCC[C@H](Nc2ccc(F)cc2)C1. The van der Waals surface area contributed by atoms with Crippen LogP contribution in [0.2, 0.25) is 0 Å². The minimum atomic E-state index is -0.253. The highest BCUT2D eigenvalue weighted by molar-refractivity contribution is 6.04. The Kier molecular flexibility index (Phi) is 4.09. The number of piperidine rings is 1. The molecule has 2 heterocycles. The average molecular weight is 338 g/mol. The Morgan fingerprint density at radius 2 is 2.00 bits per heavy atom. The van der Waals surface area contributed by atoms with Gasteiger partial charge in [0.2, 0.25) is 0 Å². The number of rotatable bonds is 3. The smallest absolute Gasteiger partial charge is 0.275 e. The summed E-state index contributed by atoms with van der Waals surface area (Å²) in [7, 11) is 0. The van der Waals surface area contributed by atoms with Crippen molar-refractivity contribution in [1.82, 2.24) is 15.1 Å². The van der Waals surface area contributed by atoms with Crippen molar-refractivity contribution in [3.8, 4) is 0 Å². The molecule has 6 heteroatoms. The van der Waals surface area contributed by atoms with Crippen molar-refractivity contribution >= 4 is 22.5 Å². The van der Waals surface area contributed by atoms with Crippen LogP contribution in [0.5, 0.6) is 0 Å². The number of carbonyl (C=O) groups excluding carboxylic acids is 1. The lowest BCUT2D eigenvalue weighted by Gasteiger charge is -2.33. The zero-order valence-electron chi connectivity index (χ0n) is 13.7. The molecule has 0 radical (unpaired) electrons. The molecule has 1 aliphatic rings. The lowest BCUT2D eigenvalue weighted by Crippen LogP contribution is -2.45. The van der Waals surface area contributed by atoms with Gasteiger partial charge in [-0.25, -0.2) is 4.39 Å². The van der Waals surface area contributed by atoms with Crippen LogP contribution in [0.1, 0.15) is 23.3 Å². The van der Waals surface area contributed by atoms with E-state index in [0.29, 0.717) is 12.2 Å². The summed E-state index contributed by atoms with van der Waals surface area (Å²) in [6, 6.07) is 14.1. The molecular weight excluding hydrogens is 319 g/mol. The average Bonchev–Trinajstić information content (AvgIpc) is 3.07. The molecule has 0 spiro atoms. The van der Waals surface area contributed by atoms with Crippen molar-refractivity contribution in [3.63, 3.8) is 0 Å². The number of aromatic nitrogens is 2. The number of nitrogens with zero attached hydrogens (tertiary/aromatic N) is 2. The van der Waals surface area contributed by atoms with Crippen LogP contribution in [0, 0.1) is 5.82 Å². The number of aromatic amines is 1. The van der Waals surface area contributed by atoms with Crippen molar-refractivity contribution in [1.29, 1.82) is 0 Å². The van der Waals surface area contributed by atoms with Gasteiger partial charge in [0.05, 0.1) is 5.52 Å². The second kappa shape index (κ2) is 6.55. The molecule has 2 aromatic carbocycles. The highest BCUT2D eigenvalue weighted by atomic mass is 19.1. The molecule has 1 atom stereocenters. The molecule has 5 nitrogen and oxygen atoms in total. The lowest BCUT2D eigenvalue weighted by atomic mass is 10.0. The third-order valence-corrected chi connectivity index (χ3v) is 4.60. The number of halogens is 1. The first-order valence-electron chi connectivity index (χ1n) is 8.45. The van der Waals surface area contributed by atoms with Crippen LogP contribution >= 0.6 is 0 Å². The van der Waals surface area contributed by atoms with Gasteiger partial charge in [-0.1, -0.05) is 18.2 Å². The third kappa shape index (κ3) is 3.20. The number of amides is 1. The molecule has 128 valence electrons. The van der Waals surface area contributed by atoms with Crippen LogP contribution in [0.4, 0.5) is 10.1 Å². The molecule has 1 aromatic heterocycles. The number of benzene rings is 2. The van der Waals surface area contributed by atoms with Gasteiger partial charge in [0.25, 0.3) is 5.91 Å². The van der Waals surface area contributed by atoms with E-state index in [1.165, 1.54) is 12.1 Å². The molecule has 0 bridgehead atoms. The standard InChI is InChI=1S/C19H19FN4O/c20-13-7-9-14(10-8-13)21-15-4-3-11-24(12-15)19(25)18-16-5-1-2-6-17(16)22-23-18/h1-2,5-10,15,21H,3-4,11-12H2,(H,22,23)/t15-/m0/s1. The predicted octanol–water partition coefficient (Wildman–Crippen LogP) is 3.42. The maximum atomic E-state index is 13.0. The molecule has 1 saturated heterocycles. The zero-order chi connectivity index (χ0) is 17.2. The van der Waals surface area contributed by atoms with E-state index < -0.39 is 0 Å². The summed E-state index contributed by atoms with van der Waals surface area (Å²) in [5, 5.41) is 11.4. The van der Waals surface area contributed by atoms with E-state index in [1.807, 2.05) is 29.2 Å². The molecule has 0 unspecified atom stereocenters. The van der Waals surface area contributed by atoms with Crippen molar-refractivity contribution in [2.24, 2.45) is 0 Å². The number of nitrogens with one attached hydrogen (secondary N) is 2. The summed E-state index contributed by atoms with van der Waals surface area (Å²) < 4.78 is 13.0. The van der Waals surface area contributed by atoms with Crippen LogP contribution in [-0.2, 0) is 0 Å². The van der Waals surface area contributed by atoms with Crippen LogP contribution in [-0.4, -0.2) is 40.1 Å². The number of fused-ring (bicyclic) bond motifs is 1. The summed E-state index contributed by atoms with van der Waals surface area (Å²) >= 11 is 0. The van der Waals surface area contributed by atoms with Gasteiger partial charge in [-0.15, -0.1) is 0 Å². The molecule has 0 saturated carbocycles. The number of anilines is 1. The van der Waals surface area contributed by atoms with Gasteiger partial charge in [-0.2, -0.15) is 5.10 Å². The normalized spacial score (nSPS) is 17.6. The number of para-hydroxylation sites is 1. The van der Waals surface area contributed by atoms with Crippen LogP contribution in [0.25, 0.3) is 10.9 Å². The Hall–Kier alpha value is -2.89. The van der Waals surface area contributed by atoms with E-state index in [0.717, 1.165) is 36.0 Å². The number of hydrogen-bond donors (Lipinski definition) is 2. The fourth-order valence-corrected chi connectivity index (χ4v) is 3.34. The largest absolute Gasteiger partial charge is 0.381 e. The van der Waals surface area contributed by atoms with E-state index in [-0.39, 0.29) is 17.8 Å². The maximum absolute atomic E-state index is 13.0. The first-order chi connectivity index (χ1) is 12.2. The summed E-state index contributed by atoms with van der Waals surface area (Å²) in [6.07, 6.45) is 1.90. The first kappa shape index (κ1) is 15.6. The monoisotopic (exact) mass is 338 g/mol. The number of H-pyrrole nitrogens is 1. The highest BCUT2D eigenvalue weighted by Gasteiger charge is 2.26. The molecule has 4 rings (SSSR count). The van der Waals surface area contributed by atoms with Gasteiger partial charge >= 0.3 is 0 Å². The molecule has 0 aliphatic carbocycles. The molecular formula is C19H19FN4O. The van der Waals surface area contributed by atoms with Gasteiger partial charge in [0.15, 0.2) is 5.69 Å². The van der Waals surface area contributed by atoms with Gasteiger partial charge < -0.3 is 10.2 Å². The van der Waals surface area contributed by atoms with Gasteiger partial charge in [-0.3, -0.25) is 9.89 Å². The Morgan fingerprint density at radius 1 is 1.20 bits per heavy atom. The quantitative estimate of drug-likeness (QED) is 0.769. The molecule has 1 aliphatic heterocycles. The Morgan fingerprint density at radius 3 is 2.84 bits per heavy atom. The van der Waals surface area contributed by atoms with E-state index in [4.69, 9.17) is 0 Å². The molecule has 1 amide bonds. The topological polar surface area (TPSA) is 61.0 Å². The van der Waals surface area contributed by atoms with Crippen molar-refractivity contribution < 1.29 is 9.18 Å². The van der Waals surface area contributed by atoms with Crippen LogP contribution in [0.15, 0.2) is 48.5 Å². The van der Waals surface area contributed by atoms with Crippen LogP contribution < -0.4 is 5.32 Å². The summed E-state index contributed by atoms with van der Waals surface area (Å²) in [5.74, 6) is -0.306. The minimum Gasteiger partial charge on any atom is -0.381 e. The Labute approximate surface area is 144 Å². The first-order valence-corrected chi connectivity index (χ1v) is 8.45. The minimum absolute atomic E-state index is 0.0527. The van der Waals surface area contributed by atoms with Crippen molar-refractivity contribution in [2.45, 2.75) is 18.9 Å². The highest BCUT2D eigenvalue weighted by Crippen LogP contribution is 2.21. The maximum Gasteiger partial charge on any atom is 0.275 e. The van der Waals surface area contributed by atoms with Gasteiger partial charge in [0.1, 0.15) is 5.82 Å². The van der Waals surface area contributed by atoms with E-state index >= 15 is 0 Å². The fraction of sp³-hybridized carbons (Fsp3) is 0.263. The number of hydrogen-bond acceptors (Lipinski definition) is 3. The second-order valence-electron chi connectivity index (χ2n) is 6.36. The lowest BCUT2D eigenvalue weighted by molar-refractivity contribution is 0.0711. The summed E-state index contributed by atoms with van der Waals surface area (Å²) in [4.78, 5) is 14.7. The molecule has 3 aromatic rings. The predicted molar refractivity (Wildman–Crippen MR) is 95.0 cm³/mol. The molecule has 1 fully saturated rings. The fourth-order valence-electron chi connectivity index (χ4n) is 3.34. The molecule has 2 N–H and O–H groups in total. The van der Waals surface area contributed by atoms with Gasteiger partial charge in [-0.05, 0) is 43.2 Å². The van der Waals surface area contributed by atoms with Gasteiger partial charge in [0, 0.05) is 30.2 Å². The summed E-state index contributed by atoms with van der Waals surface area (Å²) in [6.45, 7) is 1.33. The van der Waals surface area contributed by atoms with E-state index in [1.54, 1.807) is 12.1 Å².